The second-order valence-corrected chi connectivity index (χ2v) is 5.20. The quantitative estimate of drug-likeness (QED) is 0.803. The van der Waals surface area contributed by atoms with Gasteiger partial charge < -0.3 is 10.6 Å². The number of hydrogen-bond donors (Lipinski definition) is 2. The maximum atomic E-state index is 3.60. The fraction of sp³-hybridized carbons (Fsp3) is 0.500. The van der Waals surface area contributed by atoms with Gasteiger partial charge in [-0.25, -0.2) is 0 Å². The van der Waals surface area contributed by atoms with Gasteiger partial charge in [0.05, 0.1) is 0 Å². The van der Waals surface area contributed by atoms with Crippen molar-refractivity contribution in [2.45, 2.75) is 24.8 Å². The number of nitrogens with one attached hydrogen (secondary N) is 2. The highest BCUT2D eigenvalue weighted by molar-refractivity contribution is 7.99. The molecule has 1 aromatic rings. The molecule has 1 aliphatic heterocycles. The molecule has 0 spiro atoms. The molecule has 2 N–H and O–H groups in total. The van der Waals surface area contributed by atoms with Crippen LogP contribution in [0.25, 0.3) is 0 Å². The predicted molar refractivity (Wildman–Crippen MR) is 68.0 cm³/mol. The second kappa shape index (κ2) is 4.45. The summed E-state index contributed by atoms with van der Waals surface area (Å²) >= 11 is 1.97. The minimum atomic E-state index is 0.550. The molecule has 0 aliphatic carbocycles. The monoisotopic (exact) mass is 222 g/mol. The van der Waals surface area contributed by atoms with Crippen LogP contribution in [0.1, 0.15) is 11.1 Å². The molecule has 0 radical (unpaired) electrons. The lowest BCUT2D eigenvalue weighted by Crippen LogP contribution is -2.35. The Morgan fingerprint density at radius 3 is 3.00 bits per heavy atom. The number of benzene rings is 1. The molecular formula is C12H18N2S. The third-order valence-corrected chi connectivity index (χ3v) is 4.06. The van der Waals surface area contributed by atoms with Gasteiger partial charge in [0.2, 0.25) is 0 Å². The third kappa shape index (κ3) is 2.29. The molecule has 2 nitrogen and oxygen atoms in total. The number of hydrogen-bond acceptors (Lipinski definition) is 3. The van der Waals surface area contributed by atoms with Crippen molar-refractivity contribution in [2.24, 2.45) is 0 Å². The molecule has 82 valence electrons. The van der Waals surface area contributed by atoms with E-state index in [1.54, 1.807) is 0 Å². The molecule has 0 saturated heterocycles. The van der Waals surface area contributed by atoms with Crippen LogP contribution >= 0.6 is 11.8 Å². The summed E-state index contributed by atoms with van der Waals surface area (Å²) in [6.45, 7) is 5.37. The van der Waals surface area contributed by atoms with Crippen molar-refractivity contribution in [1.82, 2.24) is 5.32 Å². The van der Waals surface area contributed by atoms with E-state index in [4.69, 9.17) is 0 Å². The van der Waals surface area contributed by atoms with Crippen LogP contribution in [0.2, 0.25) is 0 Å². The normalized spacial score (nSPS) is 19.5. The zero-order valence-corrected chi connectivity index (χ0v) is 10.4. The first-order valence-corrected chi connectivity index (χ1v) is 6.34. The van der Waals surface area contributed by atoms with E-state index in [0.717, 1.165) is 12.3 Å². The molecule has 0 saturated carbocycles. The first kappa shape index (κ1) is 10.8. The molecule has 15 heavy (non-hydrogen) atoms. The Morgan fingerprint density at radius 2 is 2.27 bits per heavy atom. The first-order chi connectivity index (χ1) is 7.20. The van der Waals surface area contributed by atoms with Crippen molar-refractivity contribution in [3.8, 4) is 0 Å². The second-order valence-electron chi connectivity index (χ2n) is 4.17. The van der Waals surface area contributed by atoms with Crippen LogP contribution in [-0.4, -0.2) is 25.4 Å². The Hall–Kier alpha value is -0.670. The van der Waals surface area contributed by atoms with Gasteiger partial charge in [-0.2, -0.15) is 0 Å². The highest BCUT2D eigenvalue weighted by atomic mass is 32.2. The zero-order chi connectivity index (χ0) is 10.8. The third-order valence-electron chi connectivity index (χ3n) is 2.66. The minimum absolute atomic E-state index is 0.550. The maximum Gasteiger partial charge on any atom is 0.0486 e. The van der Waals surface area contributed by atoms with Gasteiger partial charge in [0.15, 0.2) is 0 Å². The standard InChI is InChI=1S/C12H18N2S/c1-8-4-9(2)12-11(5-8)14-10(6-13-3)7-15-12/h4-5,10,13-14H,6-7H2,1-3H3. The van der Waals surface area contributed by atoms with Crippen LogP contribution in [0, 0.1) is 13.8 Å². The molecule has 1 atom stereocenters. The van der Waals surface area contributed by atoms with Gasteiger partial charge in [-0.1, -0.05) is 6.07 Å². The molecule has 0 bridgehead atoms. The van der Waals surface area contributed by atoms with Gasteiger partial charge in [-0.15, -0.1) is 11.8 Å². The number of rotatable bonds is 2. The maximum absolute atomic E-state index is 3.60. The predicted octanol–water partition coefficient (Wildman–Crippen LogP) is 2.41. The smallest absolute Gasteiger partial charge is 0.0486 e. The summed E-state index contributed by atoms with van der Waals surface area (Å²) in [7, 11) is 2.00. The van der Waals surface area contributed by atoms with E-state index in [1.807, 2.05) is 18.8 Å². The molecule has 1 unspecified atom stereocenters. The van der Waals surface area contributed by atoms with Crippen molar-refractivity contribution < 1.29 is 0 Å². The van der Waals surface area contributed by atoms with Gasteiger partial charge in [0.1, 0.15) is 0 Å². The Kier molecular flexibility index (Phi) is 3.22. The Morgan fingerprint density at radius 1 is 1.47 bits per heavy atom. The lowest BCUT2D eigenvalue weighted by atomic mass is 10.1. The average Bonchev–Trinajstić information content (AvgIpc) is 2.17. The molecular weight excluding hydrogens is 204 g/mol. The lowest BCUT2D eigenvalue weighted by Gasteiger charge is -2.28. The first-order valence-electron chi connectivity index (χ1n) is 5.36. The summed E-state index contributed by atoms with van der Waals surface area (Å²) in [5.74, 6) is 1.15. The van der Waals surface area contributed by atoms with Crippen molar-refractivity contribution in [3.05, 3.63) is 23.3 Å². The van der Waals surface area contributed by atoms with E-state index in [2.05, 4.69) is 36.6 Å². The van der Waals surface area contributed by atoms with E-state index in [1.165, 1.54) is 21.7 Å². The summed E-state index contributed by atoms with van der Waals surface area (Å²) in [6.07, 6.45) is 0. The number of fused-ring (bicyclic) bond motifs is 1. The SMILES string of the molecule is CNCC1CSc2c(C)cc(C)cc2N1. The van der Waals surface area contributed by atoms with Crippen LogP contribution in [0.5, 0.6) is 0 Å². The molecule has 1 aromatic carbocycles. The molecule has 0 amide bonds. The lowest BCUT2D eigenvalue weighted by molar-refractivity contribution is 0.701. The summed E-state index contributed by atoms with van der Waals surface area (Å²) < 4.78 is 0. The van der Waals surface area contributed by atoms with E-state index in [-0.39, 0.29) is 0 Å². The molecule has 3 heteroatoms. The van der Waals surface area contributed by atoms with Crippen LogP contribution in [0.3, 0.4) is 0 Å². The number of thioether (sulfide) groups is 1. The van der Waals surface area contributed by atoms with Crippen molar-refractivity contribution in [2.75, 3.05) is 24.7 Å². The minimum Gasteiger partial charge on any atom is -0.379 e. The highest BCUT2D eigenvalue weighted by Crippen LogP contribution is 2.36. The summed E-state index contributed by atoms with van der Waals surface area (Å²) in [6, 6.07) is 5.05. The van der Waals surface area contributed by atoms with Gasteiger partial charge in [0, 0.05) is 28.9 Å². The zero-order valence-electron chi connectivity index (χ0n) is 9.55. The summed E-state index contributed by atoms with van der Waals surface area (Å²) in [4.78, 5) is 1.42. The number of anilines is 1. The molecule has 1 heterocycles. The molecule has 0 fully saturated rings. The Labute approximate surface area is 95.8 Å². The van der Waals surface area contributed by atoms with Crippen molar-refractivity contribution in [3.63, 3.8) is 0 Å². The van der Waals surface area contributed by atoms with Crippen LogP contribution in [-0.2, 0) is 0 Å². The number of aryl methyl sites for hydroxylation is 2. The van der Waals surface area contributed by atoms with Crippen molar-refractivity contribution >= 4 is 17.4 Å². The van der Waals surface area contributed by atoms with Crippen LogP contribution in [0.15, 0.2) is 17.0 Å². The summed E-state index contributed by atoms with van der Waals surface area (Å²) in [5, 5.41) is 6.82. The van der Waals surface area contributed by atoms with E-state index in [0.29, 0.717) is 6.04 Å². The van der Waals surface area contributed by atoms with Crippen molar-refractivity contribution in [1.29, 1.82) is 0 Å². The summed E-state index contributed by atoms with van der Waals surface area (Å²) in [5.41, 5.74) is 4.04. The Balaban J connectivity index is 2.25. The topological polar surface area (TPSA) is 24.1 Å². The molecule has 0 aromatic heterocycles. The highest BCUT2D eigenvalue weighted by Gasteiger charge is 2.19. The Bertz CT molecular complexity index is 363. The van der Waals surface area contributed by atoms with E-state index in [9.17, 15) is 0 Å². The number of likely N-dealkylation sites (N-methyl/N-ethyl adjacent to an activating group) is 1. The fourth-order valence-corrected chi connectivity index (χ4v) is 3.18. The van der Waals surface area contributed by atoms with Gasteiger partial charge in [0.25, 0.3) is 0 Å². The van der Waals surface area contributed by atoms with E-state index < -0.39 is 0 Å². The largest absolute Gasteiger partial charge is 0.379 e. The van der Waals surface area contributed by atoms with Gasteiger partial charge in [-0.3, -0.25) is 0 Å². The molecule has 1 aliphatic rings. The van der Waals surface area contributed by atoms with Crippen LogP contribution < -0.4 is 10.6 Å². The van der Waals surface area contributed by atoms with Gasteiger partial charge >= 0.3 is 0 Å². The van der Waals surface area contributed by atoms with Crippen LogP contribution in [0.4, 0.5) is 5.69 Å². The average molecular weight is 222 g/mol. The molecule has 2 rings (SSSR count). The van der Waals surface area contributed by atoms with Gasteiger partial charge in [-0.05, 0) is 38.1 Å². The van der Waals surface area contributed by atoms with E-state index >= 15 is 0 Å². The fourth-order valence-electron chi connectivity index (χ4n) is 2.06.